The van der Waals surface area contributed by atoms with Crippen LogP contribution in [0.25, 0.3) is 0 Å². The number of hydrogen-bond acceptors (Lipinski definition) is 6. The van der Waals surface area contributed by atoms with Crippen molar-refractivity contribution in [1.29, 1.82) is 0 Å². The topological polar surface area (TPSA) is 65.5 Å². The molecule has 0 saturated heterocycles. The fourth-order valence-electron chi connectivity index (χ4n) is 2.00. The number of benzene rings is 1. The van der Waals surface area contributed by atoms with Crippen molar-refractivity contribution in [2.45, 2.75) is 20.3 Å². The van der Waals surface area contributed by atoms with Gasteiger partial charge in [0.05, 0.1) is 0 Å². The van der Waals surface area contributed by atoms with Gasteiger partial charge in [0.25, 0.3) is 0 Å². The fraction of sp³-hybridized carbons (Fsp3) is 0.333. The molecular weight excluding hydrogens is 270 g/mol. The van der Waals surface area contributed by atoms with Crippen molar-refractivity contribution in [3.8, 4) is 23.1 Å². The molecule has 1 aliphatic rings. The summed E-state index contributed by atoms with van der Waals surface area (Å²) in [5, 5.41) is 3.23. The Labute approximate surface area is 123 Å². The number of ether oxygens (including phenoxy) is 3. The van der Waals surface area contributed by atoms with Crippen molar-refractivity contribution < 1.29 is 14.2 Å². The maximum Gasteiger partial charge on any atom is 0.231 e. The van der Waals surface area contributed by atoms with Crippen LogP contribution in [0.15, 0.2) is 24.3 Å². The number of aromatic nitrogens is 2. The molecular formula is C15H17N3O3. The standard InChI is InChI=1S/C15H17N3O3/c1-3-6-16-14-8-15(18-10(2)17-14)21-11-4-5-12-13(7-11)20-9-19-12/h4-5,7-8H,3,6,9H2,1-2H3,(H,16,17,18). The normalized spacial score (nSPS) is 12.3. The van der Waals surface area contributed by atoms with E-state index >= 15 is 0 Å². The first-order valence-electron chi connectivity index (χ1n) is 6.91. The molecule has 110 valence electrons. The SMILES string of the molecule is CCCNc1cc(Oc2ccc3c(c2)OCO3)nc(C)n1. The molecule has 0 saturated carbocycles. The Kier molecular flexibility index (Phi) is 3.77. The first-order chi connectivity index (χ1) is 10.2. The summed E-state index contributed by atoms with van der Waals surface area (Å²) >= 11 is 0. The van der Waals surface area contributed by atoms with Crippen molar-refractivity contribution in [1.82, 2.24) is 9.97 Å². The van der Waals surface area contributed by atoms with Crippen LogP contribution in [0.4, 0.5) is 5.82 Å². The first kappa shape index (κ1) is 13.5. The average Bonchev–Trinajstić information content (AvgIpc) is 2.92. The zero-order valence-corrected chi connectivity index (χ0v) is 12.0. The van der Waals surface area contributed by atoms with Crippen molar-refractivity contribution in [2.24, 2.45) is 0 Å². The van der Waals surface area contributed by atoms with E-state index in [1.54, 1.807) is 12.1 Å². The first-order valence-corrected chi connectivity index (χ1v) is 6.91. The van der Waals surface area contributed by atoms with Crippen molar-refractivity contribution in [3.05, 3.63) is 30.1 Å². The highest BCUT2D eigenvalue weighted by molar-refractivity contribution is 5.48. The Bertz CT molecular complexity index is 646. The van der Waals surface area contributed by atoms with E-state index in [9.17, 15) is 0 Å². The number of rotatable bonds is 5. The Hall–Kier alpha value is -2.50. The molecule has 3 rings (SSSR count). The molecule has 0 bridgehead atoms. The van der Waals surface area contributed by atoms with Gasteiger partial charge in [0, 0.05) is 18.7 Å². The molecule has 2 aromatic rings. The number of anilines is 1. The Morgan fingerprint density at radius 2 is 2.05 bits per heavy atom. The number of nitrogens with one attached hydrogen (secondary N) is 1. The Morgan fingerprint density at radius 3 is 2.90 bits per heavy atom. The number of nitrogens with zero attached hydrogens (tertiary/aromatic N) is 2. The summed E-state index contributed by atoms with van der Waals surface area (Å²) in [5.41, 5.74) is 0. The smallest absolute Gasteiger partial charge is 0.231 e. The van der Waals surface area contributed by atoms with Crippen molar-refractivity contribution in [3.63, 3.8) is 0 Å². The lowest BCUT2D eigenvalue weighted by Gasteiger charge is -2.09. The van der Waals surface area contributed by atoms with E-state index in [1.807, 2.05) is 19.1 Å². The second kappa shape index (κ2) is 5.87. The lowest BCUT2D eigenvalue weighted by molar-refractivity contribution is 0.174. The number of fused-ring (bicyclic) bond motifs is 1. The monoisotopic (exact) mass is 287 g/mol. The Morgan fingerprint density at radius 1 is 1.19 bits per heavy atom. The molecule has 2 heterocycles. The van der Waals surface area contributed by atoms with Gasteiger partial charge in [0.1, 0.15) is 17.4 Å². The van der Waals surface area contributed by atoms with E-state index in [2.05, 4.69) is 22.2 Å². The third-order valence-corrected chi connectivity index (χ3v) is 2.94. The summed E-state index contributed by atoms with van der Waals surface area (Å²) in [4.78, 5) is 8.61. The van der Waals surface area contributed by atoms with Gasteiger partial charge in [-0.2, -0.15) is 4.98 Å². The van der Waals surface area contributed by atoms with Crippen molar-refractivity contribution in [2.75, 3.05) is 18.7 Å². The van der Waals surface area contributed by atoms with Gasteiger partial charge >= 0.3 is 0 Å². The minimum absolute atomic E-state index is 0.247. The van der Waals surface area contributed by atoms with E-state index in [0.29, 0.717) is 23.2 Å². The molecule has 1 N–H and O–H groups in total. The lowest BCUT2D eigenvalue weighted by Crippen LogP contribution is -2.04. The van der Waals surface area contributed by atoms with Gasteiger partial charge in [-0.15, -0.1) is 0 Å². The predicted octanol–water partition coefficient (Wildman–Crippen LogP) is 3.13. The molecule has 21 heavy (non-hydrogen) atoms. The summed E-state index contributed by atoms with van der Waals surface area (Å²) in [5.74, 6) is 3.99. The zero-order valence-electron chi connectivity index (χ0n) is 12.0. The Balaban J connectivity index is 1.79. The van der Waals surface area contributed by atoms with Gasteiger partial charge in [-0.25, -0.2) is 4.98 Å². The number of hydrogen-bond donors (Lipinski definition) is 1. The van der Waals surface area contributed by atoms with Gasteiger partial charge in [-0.1, -0.05) is 6.92 Å². The van der Waals surface area contributed by atoms with Crippen LogP contribution in [-0.2, 0) is 0 Å². The van der Waals surface area contributed by atoms with Crippen LogP contribution in [0.1, 0.15) is 19.2 Å². The molecule has 0 aliphatic carbocycles. The van der Waals surface area contributed by atoms with E-state index in [1.165, 1.54) is 0 Å². The highest BCUT2D eigenvalue weighted by Crippen LogP contribution is 2.36. The van der Waals surface area contributed by atoms with E-state index in [-0.39, 0.29) is 6.79 Å². The van der Waals surface area contributed by atoms with Gasteiger partial charge in [-0.3, -0.25) is 0 Å². The maximum atomic E-state index is 5.78. The van der Waals surface area contributed by atoms with Gasteiger partial charge in [-0.05, 0) is 25.5 Å². The van der Waals surface area contributed by atoms with Crippen LogP contribution < -0.4 is 19.5 Å². The zero-order chi connectivity index (χ0) is 14.7. The van der Waals surface area contributed by atoms with E-state index in [4.69, 9.17) is 14.2 Å². The molecule has 6 heteroatoms. The molecule has 6 nitrogen and oxygen atoms in total. The number of aryl methyl sites for hydroxylation is 1. The summed E-state index contributed by atoms with van der Waals surface area (Å²) in [7, 11) is 0. The molecule has 0 unspecified atom stereocenters. The average molecular weight is 287 g/mol. The molecule has 1 aliphatic heterocycles. The lowest BCUT2D eigenvalue weighted by atomic mass is 10.3. The summed E-state index contributed by atoms with van der Waals surface area (Å²) in [6, 6.07) is 7.22. The van der Waals surface area contributed by atoms with E-state index < -0.39 is 0 Å². The summed E-state index contributed by atoms with van der Waals surface area (Å²) < 4.78 is 16.4. The molecule has 0 fully saturated rings. The fourth-order valence-corrected chi connectivity index (χ4v) is 2.00. The van der Waals surface area contributed by atoms with Crippen LogP contribution in [0, 0.1) is 6.92 Å². The largest absolute Gasteiger partial charge is 0.454 e. The van der Waals surface area contributed by atoms with Gasteiger partial charge < -0.3 is 19.5 Å². The highest BCUT2D eigenvalue weighted by atomic mass is 16.7. The summed E-state index contributed by atoms with van der Waals surface area (Å²) in [6.07, 6.45) is 1.03. The molecule has 1 aromatic heterocycles. The molecule has 1 aromatic carbocycles. The third kappa shape index (κ3) is 3.16. The third-order valence-electron chi connectivity index (χ3n) is 2.94. The van der Waals surface area contributed by atoms with E-state index in [0.717, 1.165) is 24.5 Å². The molecule has 0 spiro atoms. The van der Waals surface area contributed by atoms with Crippen LogP contribution >= 0.6 is 0 Å². The van der Waals surface area contributed by atoms with Gasteiger partial charge in [0.15, 0.2) is 11.5 Å². The molecule has 0 amide bonds. The quantitative estimate of drug-likeness (QED) is 0.911. The second-order valence-corrected chi connectivity index (χ2v) is 4.68. The minimum atomic E-state index is 0.247. The van der Waals surface area contributed by atoms with Gasteiger partial charge in [0.2, 0.25) is 12.7 Å². The maximum absolute atomic E-state index is 5.78. The predicted molar refractivity (Wildman–Crippen MR) is 78.2 cm³/mol. The van der Waals surface area contributed by atoms with Crippen LogP contribution in [-0.4, -0.2) is 23.3 Å². The van der Waals surface area contributed by atoms with Crippen molar-refractivity contribution >= 4 is 5.82 Å². The molecule has 0 atom stereocenters. The minimum Gasteiger partial charge on any atom is -0.454 e. The van der Waals surface area contributed by atoms with Crippen LogP contribution in [0.5, 0.6) is 23.1 Å². The highest BCUT2D eigenvalue weighted by Gasteiger charge is 2.14. The van der Waals surface area contributed by atoms with Crippen LogP contribution in [0.3, 0.4) is 0 Å². The second-order valence-electron chi connectivity index (χ2n) is 4.68. The molecule has 0 radical (unpaired) electrons. The van der Waals surface area contributed by atoms with Crippen LogP contribution in [0.2, 0.25) is 0 Å². The summed E-state index contributed by atoms with van der Waals surface area (Å²) in [6.45, 7) is 5.05.